The van der Waals surface area contributed by atoms with E-state index in [1.165, 1.54) is 4.90 Å². The third-order valence-electron chi connectivity index (χ3n) is 5.34. The van der Waals surface area contributed by atoms with Gasteiger partial charge < -0.3 is 24.4 Å². The first kappa shape index (κ1) is 20.1. The lowest BCUT2D eigenvalue weighted by atomic mass is 10.1. The second kappa shape index (κ2) is 9.05. The highest BCUT2D eigenvalue weighted by Gasteiger charge is 2.41. The van der Waals surface area contributed by atoms with Crippen LogP contribution >= 0.6 is 0 Å². The minimum atomic E-state index is -0.578. The number of methoxy groups -OCH3 is 1. The summed E-state index contributed by atoms with van der Waals surface area (Å²) < 4.78 is 10.6. The molecule has 28 heavy (non-hydrogen) atoms. The number of aliphatic hydroxyl groups excluding tert-OH is 1. The molecule has 0 radical (unpaired) electrons. The molecule has 0 aromatic heterocycles. The minimum Gasteiger partial charge on any atom is -0.497 e. The van der Waals surface area contributed by atoms with Crippen LogP contribution in [0, 0.1) is 0 Å². The van der Waals surface area contributed by atoms with Crippen LogP contribution < -0.4 is 9.47 Å². The Morgan fingerprint density at radius 2 is 1.61 bits per heavy atom. The molecular weight excluding hydrogens is 364 g/mol. The van der Waals surface area contributed by atoms with Gasteiger partial charge in [-0.3, -0.25) is 14.4 Å². The van der Waals surface area contributed by atoms with Crippen LogP contribution in [0.5, 0.6) is 11.5 Å². The summed E-state index contributed by atoms with van der Waals surface area (Å²) in [5.74, 6) is 0.436. The summed E-state index contributed by atoms with van der Waals surface area (Å²) in [7, 11) is 1.57. The van der Waals surface area contributed by atoms with Crippen molar-refractivity contribution in [1.29, 1.82) is 0 Å². The second-order valence-electron chi connectivity index (χ2n) is 7.02. The molecule has 0 spiro atoms. The zero-order valence-corrected chi connectivity index (χ0v) is 16.0. The SMILES string of the molecule is COc1ccc(OCC(=O)N2CCC[C@H]2C(=O)N2CCC[C@H]2C(=O)CO)cc1. The van der Waals surface area contributed by atoms with Crippen LogP contribution in [0.25, 0.3) is 0 Å². The van der Waals surface area contributed by atoms with Gasteiger partial charge in [0, 0.05) is 13.1 Å². The number of ether oxygens (including phenoxy) is 2. The first-order valence-corrected chi connectivity index (χ1v) is 9.55. The number of hydrogen-bond donors (Lipinski definition) is 1. The van der Waals surface area contributed by atoms with E-state index in [0.717, 1.165) is 12.8 Å². The van der Waals surface area contributed by atoms with Crippen molar-refractivity contribution >= 4 is 17.6 Å². The normalized spacial score (nSPS) is 21.6. The summed E-state index contributed by atoms with van der Waals surface area (Å²) >= 11 is 0. The number of Topliss-reactive ketones (excluding diaryl/α,β-unsaturated/α-hetero) is 1. The molecule has 152 valence electrons. The van der Waals surface area contributed by atoms with E-state index in [2.05, 4.69) is 0 Å². The Balaban J connectivity index is 1.60. The van der Waals surface area contributed by atoms with Gasteiger partial charge in [-0.1, -0.05) is 0 Å². The number of benzene rings is 1. The zero-order chi connectivity index (χ0) is 20.1. The molecule has 2 amide bonds. The summed E-state index contributed by atoms with van der Waals surface area (Å²) in [6.45, 7) is 0.246. The molecule has 1 N–H and O–H groups in total. The number of hydrogen-bond acceptors (Lipinski definition) is 6. The molecule has 0 unspecified atom stereocenters. The molecule has 8 heteroatoms. The number of amides is 2. The number of ketones is 1. The highest BCUT2D eigenvalue weighted by molar-refractivity contribution is 5.94. The van der Waals surface area contributed by atoms with Gasteiger partial charge in [-0.25, -0.2) is 0 Å². The van der Waals surface area contributed by atoms with Crippen LogP contribution in [0.4, 0.5) is 0 Å². The van der Waals surface area contributed by atoms with E-state index in [0.29, 0.717) is 37.4 Å². The van der Waals surface area contributed by atoms with E-state index in [1.54, 1.807) is 36.3 Å². The molecule has 3 rings (SSSR count). The number of likely N-dealkylation sites (tertiary alicyclic amines) is 2. The Hall–Kier alpha value is -2.61. The van der Waals surface area contributed by atoms with Gasteiger partial charge in [-0.2, -0.15) is 0 Å². The van der Waals surface area contributed by atoms with Crippen molar-refractivity contribution in [3.8, 4) is 11.5 Å². The molecule has 0 saturated carbocycles. The molecule has 2 fully saturated rings. The van der Waals surface area contributed by atoms with Crippen LogP contribution in [0.15, 0.2) is 24.3 Å². The van der Waals surface area contributed by atoms with Crippen molar-refractivity contribution < 1.29 is 29.0 Å². The van der Waals surface area contributed by atoms with Crippen LogP contribution in [0.2, 0.25) is 0 Å². The monoisotopic (exact) mass is 390 g/mol. The van der Waals surface area contributed by atoms with Crippen molar-refractivity contribution in [3.63, 3.8) is 0 Å². The zero-order valence-electron chi connectivity index (χ0n) is 16.0. The van der Waals surface area contributed by atoms with E-state index < -0.39 is 18.7 Å². The predicted octanol–water partition coefficient (Wildman–Crippen LogP) is 0.617. The number of rotatable bonds is 7. The van der Waals surface area contributed by atoms with Crippen molar-refractivity contribution in [2.45, 2.75) is 37.8 Å². The molecule has 2 atom stereocenters. The van der Waals surface area contributed by atoms with Gasteiger partial charge in [-0.15, -0.1) is 0 Å². The molecule has 0 bridgehead atoms. The maximum Gasteiger partial charge on any atom is 0.261 e. The Kier molecular flexibility index (Phi) is 6.51. The van der Waals surface area contributed by atoms with Crippen molar-refractivity contribution in [3.05, 3.63) is 24.3 Å². The van der Waals surface area contributed by atoms with Gasteiger partial charge in [0.1, 0.15) is 24.1 Å². The molecule has 8 nitrogen and oxygen atoms in total. The Morgan fingerprint density at radius 3 is 2.25 bits per heavy atom. The average molecular weight is 390 g/mol. The first-order valence-electron chi connectivity index (χ1n) is 9.55. The molecule has 2 saturated heterocycles. The minimum absolute atomic E-state index is 0.158. The fraction of sp³-hybridized carbons (Fsp3) is 0.550. The lowest BCUT2D eigenvalue weighted by molar-refractivity contribution is -0.147. The van der Waals surface area contributed by atoms with Gasteiger partial charge in [0.05, 0.1) is 13.2 Å². The van der Waals surface area contributed by atoms with Crippen LogP contribution in [-0.4, -0.2) is 78.0 Å². The molecule has 1 aromatic rings. The second-order valence-corrected chi connectivity index (χ2v) is 7.02. The van der Waals surface area contributed by atoms with E-state index in [4.69, 9.17) is 14.6 Å². The van der Waals surface area contributed by atoms with Gasteiger partial charge in [0.15, 0.2) is 12.4 Å². The Morgan fingerprint density at radius 1 is 1.00 bits per heavy atom. The standard InChI is InChI=1S/C20H26N2O6/c1-27-14-6-8-15(9-7-14)28-13-19(25)21-10-3-5-17(21)20(26)22-11-2-4-16(22)18(24)12-23/h6-9,16-17,23H,2-5,10-13H2,1H3/t16-,17-/m0/s1. The molecular formula is C20H26N2O6. The average Bonchev–Trinajstić information content (AvgIpc) is 3.41. The maximum absolute atomic E-state index is 13.0. The van der Waals surface area contributed by atoms with Gasteiger partial charge in [0.25, 0.3) is 5.91 Å². The third-order valence-corrected chi connectivity index (χ3v) is 5.34. The highest BCUT2D eigenvalue weighted by Crippen LogP contribution is 2.25. The third kappa shape index (κ3) is 4.27. The number of aliphatic hydroxyl groups is 1. The van der Waals surface area contributed by atoms with E-state index >= 15 is 0 Å². The van der Waals surface area contributed by atoms with E-state index in [-0.39, 0.29) is 24.2 Å². The van der Waals surface area contributed by atoms with Crippen molar-refractivity contribution in [2.24, 2.45) is 0 Å². The molecule has 2 aliphatic rings. The lowest BCUT2D eigenvalue weighted by Crippen LogP contribution is -2.52. The number of nitrogens with zero attached hydrogens (tertiary/aromatic N) is 2. The van der Waals surface area contributed by atoms with Crippen LogP contribution in [0.3, 0.4) is 0 Å². The molecule has 0 aliphatic carbocycles. The summed E-state index contributed by atoms with van der Waals surface area (Å²) in [5, 5.41) is 9.14. The lowest BCUT2D eigenvalue weighted by Gasteiger charge is -2.30. The summed E-state index contributed by atoms with van der Waals surface area (Å²) in [5.41, 5.74) is 0. The molecule has 2 heterocycles. The fourth-order valence-corrected chi connectivity index (χ4v) is 3.88. The van der Waals surface area contributed by atoms with Crippen molar-refractivity contribution in [1.82, 2.24) is 9.80 Å². The molecule has 1 aromatic carbocycles. The van der Waals surface area contributed by atoms with E-state index in [1.807, 2.05) is 0 Å². The Labute approximate surface area is 164 Å². The predicted molar refractivity (Wildman–Crippen MR) is 100 cm³/mol. The Bertz CT molecular complexity index is 720. The topological polar surface area (TPSA) is 96.4 Å². The molecule has 2 aliphatic heterocycles. The highest BCUT2D eigenvalue weighted by atomic mass is 16.5. The summed E-state index contributed by atoms with van der Waals surface area (Å²) in [6.07, 6.45) is 2.59. The van der Waals surface area contributed by atoms with E-state index in [9.17, 15) is 14.4 Å². The largest absolute Gasteiger partial charge is 0.497 e. The summed E-state index contributed by atoms with van der Waals surface area (Å²) in [4.78, 5) is 40.6. The van der Waals surface area contributed by atoms with Gasteiger partial charge in [-0.05, 0) is 49.9 Å². The quantitative estimate of drug-likeness (QED) is 0.733. The smallest absolute Gasteiger partial charge is 0.261 e. The van der Waals surface area contributed by atoms with Crippen LogP contribution in [0.1, 0.15) is 25.7 Å². The first-order chi connectivity index (χ1) is 13.5. The number of carbonyl (C=O) groups is 3. The summed E-state index contributed by atoms with van der Waals surface area (Å²) in [6, 6.07) is 5.77. The van der Waals surface area contributed by atoms with Crippen molar-refractivity contribution in [2.75, 3.05) is 33.4 Å². The van der Waals surface area contributed by atoms with Gasteiger partial charge >= 0.3 is 0 Å². The van der Waals surface area contributed by atoms with Gasteiger partial charge in [0.2, 0.25) is 5.91 Å². The van der Waals surface area contributed by atoms with Crippen LogP contribution in [-0.2, 0) is 14.4 Å². The fourth-order valence-electron chi connectivity index (χ4n) is 3.88. The maximum atomic E-state index is 13.0. The number of carbonyl (C=O) groups excluding carboxylic acids is 3.